The van der Waals surface area contributed by atoms with E-state index in [-0.39, 0.29) is 0 Å². The van der Waals surface area contributed by atoms with Gasteiger partial charge in [-0.3, -0.25) is 0 Å². The zero-order valence-electron chi connectivity index (χ0n) is 12.3. The molecule has 3 unspecified atom stereocenters. The Labute approximate surface area is 108 Å². The number of nitrogens with zero attached hydrogens (tertiary/aromatic N) is 1. The molecule has 3 atom stereocenters. The van der Waals surface area contributed by atoms with Crippen LogP contribution >= 0.6 is 0 Å². The van der Waals surface area contributed by atoms with Crippen LogP contribution in [0.25, 0.3) is 0 Å². The predicted octanol–water partition coefficient (Wildman–Crippen LogP) is 3.12. The highest BCUT2D eigenvalue weighted by molar-refractivity contribution is 4.87. The van der Waals surface area contributed by atoms with E-state index in [9.17, 15) is 0 Å². The first-order chi connectivity index (χ1) is 8.12. The van der Waals surface area contributed by atoms with Crippen molar-refractivity contribution in [2.45, 2.75) is 59.4 Å². The smallest absolute Gasteiger partial charge is 0.0138 e. The van der Waals surface area contributed by atoms with Crippen molar-refractivity contribution in [1.29, 1.82) is 0 Å². The molecule has 1 rings (SSSR count). The SMILES string of the molecule is CCC1CCC(CN)C(N(CC)CC(C)C)C1. The zero-order chi connectivity index (χ0) is 12.8. The van der Waals surface area contributed by atoms with E-state index in [0.717, 1.165) is 30.3 Å². The maximum atomic E-state index is 5.98. The second kappa shape index (κ2) is 7.38. The Morgan fingerprint density at radius 3 is 2.41 bits per heavy atom. The van der Waals surface area contributed by atoms with Crippen molar-refractivity contribution in [1.82, 2.24) is 4.90 Å². The van der Waals surface area contributed by atoms with Gasteiger partial charge in [0, 0.05) is 12.6 Å². The zero-order valence-corrected chi connectivity index (χ0v) is 12.3. The van der Waals surface area contributed by atoms with Crippen LogP contribution in [0.2, 0.25) is 0 Å². The minimum Gasteiger partial charge on any atom is -0.330 e. The third-order valence-electron chi connectivity index (χ3n) is 4.42. The molecule has 102 valence electrons. The third-order valence-corrected chi connectivity index (χ3v) is 4.42. The van der Waals surface area contributed by atoms with Crippen molar-refractivity contribution in [3.05, 3.63) is 0 Å². The van der Waals surface area contributed by atoms with Gasteiger partial charge in [0.1, 0.15) is 0 Å². The molecular weight excluding hydrogens is 208 g/mol. The van der Waals surface area contributed by atoms with Crippen LogP contribution in [0.15, 0.2) is 0 Å². The summed E-state index contributed by atoms with van der Waals surface area (Å²) < 4.78 is 0. The summed E-state index contributed by atoms with van der Waals surface area (Å²) >= 11 is 0. The van der Waals surface area contributed by atoms with Gasteiger partial charge >= 0.3 is 0 Å². The highest BCUT2D eigenvalue weighted by atomic mass is 15.2. The summed E-state index contributed by atoms with van der Waals surface area (Å²) in [5.41, 5.74) is 5.98. The van der Waals surface area contributed by atoms with Crippen molar-refractivity contribution in [2.75, 3.05) is 19.6 Å². The normalized spacial score (nSPS) is 30.2. The first-order valence-electron chi connectivity index (χ1n) is 7.56. The highest BCUT2D eigenvalue weighted by Crippen LogP contribution is 2.33. The quantitative estimate of drug-likeness (QED) is 0.773. The molecule has 1 fully saturated rings. The molecule has 1 aliphatic rings. The van der Waals surface area contributed by atoms with Crippen LogP contribution in [0, 0.1) is 17.8 Å². The monoisotopic (exact) mass is 240 g/mol. The summed E-state index contributed by atoms with van der Waals surface area (Å²) in [6, 6.07) is 0.742. The summed E-state index contributed by atoms with van der Waals surface area (Å²) in [7, 11) is 0. The van der Waals surface area contributed by atoms with Gasteiger partial charge in [0.05, 0.1) is 0 Å². The molecule has 0 aromatic rings. The van der Waals surface area contributed by atoms with E-state index in [4.69, 9.17) is 5.73 Å². The van der Waals surface area contributed by atoms with E-state index in [2.05, 4.69) is 32.6 Å². The van der Waals surface area contributed by atoms with Gasteiger partial charge in [-0.1, -0.05) is 40.5 Å². The van der Waals surface area contributed by atoms with E-state index in [1.807, 2.05) is 0 Å². The van der Waals surface area contributed by atoms with Gasteiger partial charge in [0.15, 0.2) is 0 Å². The fraction of sp³-hybridized carbons (Fsp3) is 1.00. The molecule has 1 aliphatic carbocycles. The standard InChI is InChI=1S/C15H32N2/c1-5-13-7-8-14(10-16)15(9-13)17(6-2)11-12(3)4/h12-15H,5-11,16H2,1-4H3. The van der Waals surface area contributed by atoms with E-state index >= 15 is 0 Å². The number of nitrogens with two attached hydrogens (primary N) is 1. The molecule has 0 aromatic carbocycles. The second-order valence-electron chi connectivity index (χ2n) is 6.13. The van der Waals surface area contributed by atoms with Crippen molar-refractivity contribution in [2.24, 2.45) is 23.5 Å². The molecule has 0 aliphatic heterocycles. The van der Waals surface area contributed by atoms with Crippen molar-refractivity contribution in [3.63, 3.8) is 0 Å². The van der Waals surface area contributed by atoms with Crippen molar-refractivity contribution < 1.29 is 0 Å². The number of hydrogen-bond acceptors (Lipinski definition) is 2. The Morgan fingerprint density at radius 1 is 1.24 bits per heavy atom. The van der Waals surface area contributed by atoms with Gasteiger partial charge in [-0.15, -0.1) is 0 Å². The van der Waals surface area contributed by atoms with E-state index < -0.39 is 0 Å². The molecule has 0 aromatic heterocycles. The fourth-order valence-electron chi connectivity index (χ4n) is 3.35. The topological polar surface area (TPSA) is 29.3 Å². The molecule has 0 bridgehead atoms. The second-order valence-corrected chi connectivity index (χ2v) is 6.13. The number of hydrogen-bond donors (Lipinski definition) is 1. The van der Waals surface area contributed by atoms with Gasteiger partial charge in [-0.25, -0.2) is 0 Å². The van der Waals surface area contributed by atoms with Crippen LogP contribution in [-0.4, -0.2) is 30.6 Å². The Hall–Kier alpha value is -0.0800. The first-order valence-corrected chi connectivity index (χ1v) is 7.56. The molecule has 17 heavy (non-hydrogen) atoms. The highest BCUT2D eigenvalue weighted by Gasteiger charge is 2.32. The lowest BCUT2D eigenvalue weighted by atomic mass is 9.76. The maximum absolute atomic E-state index is 5.98. The van der Waals surface area contributed by atoms with Crippen molar-refractivity contribution >= 4 is 0 Å². The van der Waals surface area contributed by atoms with E-state index in [1.54, 1.807) is 0 Å². The van der Waals surface area contributed by atoms with Gasteiger partial charge in [-0.05, 0) is 43.7 Å². The fourth-order valence-corrected chi connectivity index (χ4v) is 3.35. The largest absolute Gasteiger partial charge is 0.330 e. The lowest BCUT2D eigenvalue weighted by Crippen LogP contribution is -2.48. The molecular formula is C15H32N2. The Kier molecular flexibility index (Phi) is 6.50. The van der Waals surface area contributed by atoms with Crippen LogP contribution in [0.5, 0.6) is 0 Å². The molecule has 1 saturated carbocycles. The van der Waals surface area contributed by atoms with E-state index in [0.29, 0.717) is 0 Å². The minimum atomic E-state index is 0.733. The molecule has 0 radical (unpaired) electrons. The average molecular weight is 240 g/mol. The lowest BCUT2D eigenvalue weighted by Gasteiger charge is -2.42. The molecule has 0 amide bonds. The van der Waals surface area contributed by atoms with Gasteiger partial charge in [-0.2, -0.15) is 0 Å². The van der Waals surface area contributed by atoms with Gasteiger partial charge < -0.3 is 10.6 Å². The van der Waals surface area contributed by atoms with Crippen LogP contribution in [-0.2, 0) is 0 Å². The Morgan fingerprint density at radius 2 is 1.94 bits per heavy atom. The Bertz CT molecular complexity index is 203. The maximum Gasteiger partial charge on any atom is 0.0138 e. The van der Waals surface area contributed by atoms with Crippen LogP contribution in [0.4, 0.5) is 0 Å². The summed E-state index contributed by atoms with van der Waals surface area (Å²) in [5.74, 6) is 2.43. The number of rotatable bonds is 6. The summed E-state index contributed by atoms with van der Waals surface area (Å²) in [4.78, 5) is 2.68. The molecule has 0 saturated heterocycles. The molecule has 0 spiro atoms. The van der Waals surface area contributed by atoms with Gasteiger partial charge in [0.25, 0.3) is 0 Å². The molecule has 0 heterocycles. The van der Waals surface area contributed by atoms with Crippen LogP contribution in [0.3, 0.4) is 0 Å². The predicted molar refractivity (Wildman–Crippen MR) is 76.0 cm³/mol. The average Bonchev–Trinajstić information content (AvgIpc) is 2.34. The summed E-state index contributed by atoms with van der Waals surface area (Å²) in [6.07, 6.45) is 5.45. The van der Waals surface area contributed by atoms with E-state index in [1.165, 1.54) is 38.8 Å². The van der Waals surface area contributed by atoms with Crippen molar-refractivity contribution in [3.8, 4) is 0 Å². The molecule has 2 N–H and O–H groups in total. The molecule has 2 heteroatoms. The first kappa shape index (κ1) is 15.0. The lowest BCUT2D eigenvalue weighted by molar-refractivity contribution is 0.0754. The summed E-state index contributed by atoms with van der Waals surface area (Å²) in [6.45, 7) is 12.6. The third kappa shape index (κ3) is 4.26. The van der Waals surface area contributed by atoms with Crippen LogP contribution in [0.1, 0.15) is 53.4 Å². The minimum absolute atomic E-state index is 0.733. The molecule has 2 nitrogen and oxygen atoms in total. The van der Waals surface area contributed by atoms with Crippen LogP contribution < -0.4 is 5.73 Å². The van der Waals surface area contributed by atoms with Gasteiger partial charge in [0.2, 0.25) is 0 Å². The summed E-state index contributed by atoms with van der Waals surface area (Å²) in [5, 5.41) is 0. The Balaban J connectivity index is 2.65.